The Morgan fingerprint density at radius 2 is 1.81 bits per heavy atom. The maximum atomic E-state index is 13.5. The number of nitrogens with zero attached hydrogens (tertiary/aromatic N) is 1. The van der Waals surface area contributed by atoms with Gasteiger partial charge >= 0.3 is 0 Å². The fraction of sp³-hybridized carbons (Fsp3) is 0.238. The zero-order valence-corrected chi connectivity index (χ0v) is 18.0. The van der Waals surface area contributed by atoms with E-state index in [0.717, 1.165) is 36.8 Å². The van der Waals surface area contributed by atoms with Crippen LogP contribution in [0.15, 0.2) is 42.5 Å². The number of amides is 1. The minimum Gasteiger partial charge on any atom is -0.497 e. The summed E-state index contributed by atoms with van der Waals surface area (Å²) in [5.74, 6) is 0.745. The fourth-order valence-corrected chi connectivity index (χ4v) is 6.81. The molecule has 1 aliphatic rings. The molecule has 0 atom stereocenters. The largest absolute Gasteiger partial charge is 0.497 e. The summed E-state index contributed by atoms with van der Waals surface area (Å²) in [7, 11) is 4.89. The van der Waals surface area contributed by atoms with Crippen LogP contribution < -0.4 is 9.64 Å². The molecular formula is C21H19NO2S3. The van der Waals surface area contributed by atoms with E-state index in [1.54, 1.807) is 27.8 Å². The van der Waals surface area contributed by atoms with Crippen molar-refractivity contribution in [3.05, 3.63) is 62.3 Å². The average Bonchev–Trinajstić information content (AvgIpc) is 3.05. The van der Waals surface area contributed by atoms with Gasteiger partial charge in [-0.2, -0.15) is 0 Å². The molecule has 0 spiro atoms. The second kappa shape index (κ2) is 6.55. The highest BCUT2D eigenvalue weighted by Crippen LogP contribution is 2.53. The lowest BCUT2D eigenvalue weighted by Gasteiger charge is -2.43. The van der Waals surface area contributed by atoms with Gasteiger partial charge in [-0.05, 0) is 51.1 Å². The van der Waals surface area contributed by atoms with Crippen molar-refractivity contribution in [2.45, 2.75) is 26.3 Å². The van der Waals surface area contributed by atoms with E-state index < -0.39 is 5.54 Å². The lowest BCUT2D eigenvalue weighted by Crippen LogP contribution is -2.47. The molecule has 138 valence electrons. The number of anilines is 1. The van der Waals surface area contributed by atoms with Gasteiger partial charge in [0.2, 0.25) is 0 Å². The minimum absolute atomic E-state index is 0.0126. The zero-order valence-electron chi connectivity index (χ0n) is 15.5. The summed E-state index contributed by atoms with van der Waals surface area (Å²) in [6.45, 7) is 6.19. The highest BCUT2D eigenvalue weighted by atomic mass is 32.9. The maximum Gasteiger partial charge on any atom is 0.259 e. The lowest BCUT2D eigenvalue weighted by molar-refractivity contribution is 0.0961. The molecule has 3 nitrogen and oxygen atoms in total. The first kappa shape index (κ1) is 18.3. The van der Waals surface area contributed by atoms with Crippen LogP contribution >= 0.6 is 32.9 Å². The first-order chi connectivity index (χ1) is 12.8. The molecule has 0 unspecified atom stereocenters. The summed E-state index contributed by atoms with van der Waals surface area (Å²) in [5, 5.41) is 0. The van der Waals surface area contributed by atoms with Crippen LogP contribution in [0.4, 0.5) is 5.69 Å². The van der Waals surface area contributed by atoms with Crippen LogP contribution in [-0.4, -0.2) is 13.0 Å². The van der Waals surface area contributed by atoms with Gasteiger partial charge in [-0.15, -0.1) is 0 Å². The van der Waals surface area contributed by atoms with Gasteiger partial charge in [0.15, 0.2) is 0 Å². The Hall–Kier alpha value is -2.02. The number of hydrogen-bond acceptors (Lipinski definition) is 5. The predicted octanol–water partition coefficient (Wildman–Crippen LogP) is 6.42. The molecule has 4 rings (SSSR count). The summed E-state index contributed by atoms with van der Waals surface area (Å²) in [5.41, 5.74) is 4.22. The van der Waals surface area contributed by atoms with E-state index in [2.05, 4.69) is 13.8 Å². The molecule has 1 aromatic heterocycles. The molecule has 0 saturated heterocycles. The number of methoxy groups -OCH3 is 1. The number of ether oxygens (including phenoxy) is 1. The summed E-state index contributed by atoms with van der Waals surface area (Å²) in [6.07, 6.45) is 0. The van der Waals surface area contributed by atoms with Crippen molar-refractivity contribution in [1.82, 2.24) is 0 Å². The number of aryl methyl sites for hydroxylation is 1. The molecule has 0 saturated carbocycles. The number of fused-ring (bicyclic) bond motifs is 3. The smallest absolute Gasteiger partial charge is 0.259 e. The first-order valence-electron chi connectivity index (χ1n) is 8.58. The molecule has 27 heavy (non-hydrogen) atoms. The van der Waals surface area contributed by atoms with Crippen LogP contribution in [0.2, 0.25) is 0 Å². The van der Waals surface area contributed by atoms with E-state index >= 15 is 0 Å². The Morgan fingerprint density at radius 1 is 1.11 bits per heavy atom. The van der Waals surface area contributed by atoms with Gasteiger partial charge < -0.3 is 4.74 Å². The van der Waals surface area contributed by atoms with Crippen molar-refractivity contribution in [2.75, 3.05) is 12.0 Å². The molecule has 0 fully saturated rings. The number of carbonyl (C=O) groups excluding carboxylic acids is 1. The monoisotopic (exact) mass is 413 g/mol. The molecule has 3 aromatic rings. The normalized spacial score (nSPS) is 14.4. The number of rotatable bonds is 2. The van der Waals surface area contributed by atoms with Gasteiger partial charge in [-0.25, -0.2) is 0 Å². The number of hydrogen-bond donors (Lipinski definition) is 0. The third kappa shape index (κ3) is 2.83. The third-order valence-electron chi connectivity index (χ3n) is 4.96. The Morgan fingerprint density at radius 3 is 2.48 bits per heavy atom. The van der Waals surface area contributed by atoms with Crippen LogP contribution in [-0.2, 0) is 5.54 Å². The van der Waals surface area contributed by atoms with Crippen molar-refractivity contribution in [1.29, 1.82) is 0 Å². The fourth-order valence-electron chi connectivity index (χ4n) is 3.52. The number of carbonyl (C=O) groups is 1. The second-order valence-corrected chi connectivity index (χ2v) is 9.92. The van der Waals surface area contributed by atoms with Gasteiger partial charge in [-0.3, -0.25) is 9.69 Å². The standard InChI is InChI=1S/C21H19NO2S3/c1-12-5-7-13(8-6-12)19(23)22-16-10-9-14(24-4)11-15(16)17-18(21(22,2)3)26-27-20(17)25/h5-11H,1-4H3. The van der Waals surface area contributed by atoms with Crippen molar-refractivity contribution in [3.63, 3.8) is 0 Å². The van der Waals surface area contributed by atoms with E-state index in [-0.39, 0.29) is 5.91 Å². The predicted molar refractivity (Wildman–Crippen MR) is 116 cm³/mol. The van der Waals surface area contributed by atoms with E-state index in [4.69, 9.17) is 17.0 Å². The molecule has 2 aromatic carbocycles. The molecule has 0 aliphatic carbocycles. The van der Waals surface area contributed by atoms with Crippen LogP contribution in [0.5, 0.6) is 5.75 Å². The molecule has 1 aliphatic heterocycles. The Kier molecular flexibility index (Phi) is 4.45. The van der Waals surface area contributed by atoms with Crippen molar-refractivity contribution >= 4 is 44.5 Å². The van der Waals surface area contributed by atoms with Gasteiger partial charge in [-0.1, -0.05) is 50.6 Å². The van der Waals surface area contributed by atoms with Gasteiger partial charge in [0.05, 0.1) is 23.2 Å². The molecule has 0 bridgehead atoms. The molecule has 0 radical (unpaired) electrons. The number of benzene rings is 2. The Bertz CT molecular complexity index is 1090. The molecule has 0 N–H and O–H groups in total. The minimum atomic E-state index is -0.489. The molecule has 1 amide bonds. The first-order valence-corrected chi connectivity index (χ1v) is 11.1. The Balaban J connectivity index is 1.96. The maximum absolute atomic E-state index is 13.5. The van der Waals surface area contributed by atoms with Crippen molar-refractivity contribution < 1.29 is 9.53 Å². The summed E-state index contributed by atoms with van der Waals surface area (Å²) in [6, 6.07) is 13.6. The second-order valence-electron chi connectivity index (χ2n) is 7.11. The quantitative estimate of drug-likeness (QED) is 0.359. The van der Waals surface area contributed by atoms with Gasteiger partial charge in [0.1, 0.15) is 9.57 Å². The summed E-state index contributed by atoms with van der Waals surface area (Å²) >= 11 is 5.63. The van der Waals surface area contributed by atoms with Crippen LogP contribution in [0.25, 0.3) is 11.1 Å². The third-order valence-corrected chi connectivity index (χ3v) is 8.29. The highest BCUT2D eigenvalue weighted by molar-refractivity contribution is 7.80. The van der Waals surface area contributed by atoms with Crippen LogP contribution in [0, 0.1) is 10.7 Å². The topological polar surface area (TPSA) is 29.5 Å². The zero-order chi connectivity index (χ0) is 19.3. The molecular weight excluding hydrogens is 394 g/mol. The SMILES string of the molecule is COc1ccc2c(c1)-c1c(ssc1=S)C(C)(C)N2C(=O)c1ccc(C)cc1. The molecule has 6 heteroatoms. The van der Waals surface area contributed by atoms with E-state index in [0.29, 0.717) is 5.56 Å². The van der Waals surface area contributed by atoms with Crippen molar-refractivity contribution in [2.24, 2.45) is 0 Å². The average molecular weight is 414 g/mol. The van der Waals surface area contributed by atoms with E-state index in [9.17, 15) is 4.79 Å². The summed E-state index contributed by atoms with van der Waals surface area (Å²) < 4.78 is 6.29. The van der Waals surface area contributed by atoms with Gasteiger partial charge in [0, 0.05) is 16.7 Å². The van der Waals surface area contributed by atoms with Crippen LogP contribution in [0.3, 0.4) is 0 Å². The Labute approximate surface area is 171 Å². The van der Waals surface area contributed by atoms with Crippen LogP contribution in [0.1, 0.15) is 34.6 Å². The van der Waals surface area contributed by atoms with Gasteiger partial charge in [0.25, 0.3) is 5.91 Å². The molecule has 2 heterocycles. The summed E-state index contributed by atoms with van der Waals surface area (Å²) in [4.78, 5) is 16.6. The lowest BCUT2D eigenvalue weighted by atomic mass is 9.86. The van der Waals surface area contributed by atoms with E-state index in [1.165, 1.54) is 0 Å². The highest BCUT2D eigenvalue weighted by Gasteiger charge is 2.43. The van der Waals surface area contributed by atoms with E-state index in [1.807, 2.05) is 54.3 Å². The van der Waals surface area contributed by atoms with Crippen molar-refractivity contribution in [3.8, 4) is 16.9 Å².